The molecule has 0 atom stereocenters. The minimum Gasteiger partial charge on any atom is -0.472 e. The van der Waals surface area contributed by atoms with E-state index in [1.54, 1.807) is 6.07 Å². The molecule has 1 heterocycles. The molecular weight excluding hydrogens is 273 g/mol. The van der Waals surface area contributed by atoms with Gasteiger partial charge in [-0.3, -0.25) is 0 Å². The van der Waals surface area contributed by atoms with Crippen LogP contribution in [0.3, 0.4) is 0 Å². The fourth-order valence-electron chi connectivity index (χ4n) is 1.51. The maximum absolute atomic E-state index is 13.6. The Morgan fingerprint density at radius 3 is 2.63 bits per heavy atom. The Morgan fingerprint density at radius 2 is 2.05 bits per heavy atom. The second-order valence-corrected chi connectivity index (χ2v) is 5.61. The van der Waals surface area contributed by atoms with Crippen LogP contribution in [0.4, 0.5) is 4.39 Å². The zero-order chi connectivity index (χ0) is 13.9. The van der Waals surface area contributed by atoms with Crippen LogP contribution in [0.5, 0.6) is 0 Å². The van der Waals surface area contributed by atoms with Crippen molar-refractivity contribution in [1.82, 2.24) is 4.72 Å². The van der Waals surface area contributed by atoms with E-state index >= 15 is 0 Å². The molecule has 7 heteroatoms. The molecule has 1 aromatic carbocycles. The number of benzene rings is 1. The lowest BCUT2D eigenvalue weighted by molar-refractivity contribution is 0.281. The Labute approximate surface area is 109 Å². The van der Waals surface area contributed by atoms with Crippen molar-refractivity contribution in [2.45, 2.75) is 18.0 Å². The van der Waals surface area contributed by atoms with Crippen molar-refractivity contribution in [3.05, 3.63) is 53.7 Å². The molecule has 1 aromatic heterocycles. The SMILES string of the molecule is O=S(=O)(NCc1ccoc1)c1ccc(CO)cc1F. The zero-order valence-electron chi connectivity index (χ0n) is 9.84. The summed E-state index contributed by atoms with van der Waals surface area (Å²) in [6, 6.07) is 5.08. The summed E-state index contributed by atoms with van der Waals surface area (Å²) in [4.78, 5) is -0.451. The normalized spacial score (nSPS) is 11.7. The van der Waals surface area contributed by atoms with E-state index in [2.05, 4.69) is 4.72 Å². The lowest BCUT2D eigenvalue weighted by Crippen LogP contribution is -2.24. The predicted octanol–water partition coefficient (Wildman–Crippen LogP) is 1.39. The van der Waals surface area contributed by atoms with Crippen molar-refractivity contribution >= 4 is 10.0 Å². The van der Waals surface area contributed by atoms with Crippen LogP contribution < -0.4 is 4.72 Å². The van der Waals surface area contributed by atoms with Crippen LogP contribution in [0.25, 0.3) is 0 Å². The molecule has 0 aliphatic rings. The van der Waals surface area contributed by atoms with Gasteiger partial charge in [0.05, 0.1) is 19.1 Å². The fraction of sp³-hybridized carbons (Fsp3) is 0.167. The number of furan rings is 1. The van der Waals surface area contributed by atoms with Gasteiger partial charge in [0.25, 0.3) is 0 Å². The quantitative estimate of drug-likeness (QED) is 0.870. The minimum absolute atomic E-state index is 0.0139. The number of halogens is 1. The van der Waals surface area contributed by atoms with E-state index in [0.29, 0.717) is 11.1 Å². The van der Waals surface area contributed by atoms with Crippen molar-refractivity contribution in [2.75, 3.05) is 0 Å². The van der Waals surface area contributed by atoms with E-state index in [4.69, 9.17) is 9.52 Å². The first-order valence-electron chi connectivity index (χ1n) is 5.43. The molecule has 0 fully saturated rings. The lowest BCUT2D eigenvalue weighted by Gasteiger charge is -2.07. The Kier molecular flexibility index (Phi) is 3.98. The van der Waals surface area contributed by atoms with Crippen molar-refractivity contribution in [2.24, 2.45) is 0 Å². The first kappa shape index (κ1) is 13.7. The van der Waals surface area contributed by atoms with E-state index < -0.39 is 20.7 Å². The van der Waals surface area contributed by atoms with Gasteiger partial charge >= 0.3 is 0 Å². The monoisotopic (exact) mass is 285 g/mol. The van der Waals surface area contributed by atoms with Crippen LogP contribution in [-0.2, 0) is 23.2 Å². The third-order valence-corrected chi connectivity index (χ3v) is 3.95. The molecule has 0 aliphatic carbocycles. The molecule has 0 aliphatic heterocycles. The van der Waals surface area contributed by atoms with Crippen molar-refractivity contribution < 1.29 is 22.3 Å². The van der Waals surface area contributed by atoms with Gasteiger partial charge in [0.15, 0.2) is 0 Å². The van der Waals surface area contributed by atoms with Gasteiger partial charge in [-0.05, 0) is 23.8 Å². The van der Waals surface area contributed by atoms with Gasteiger partial charge in [-0.2, -0.15) is 0 Å². The molecular formula is C12H12FNO4S. The number of aliphatic hydroxyl groups is 1. The van der Waals surface area contributed by atoms with Crippen LogP contribution in [0.15, 0.2) is 46.1 Å². The molecule has 0 bridgehead atoms. The van der Waals surface area contributed by atoms with Crippen LogP contribution in [0.2, 0.25) is 0 Å². The standard InChI is InChI=1S/C12H12FNO4S/c13-11-5-9(7-15)1-2-12(11)19(16,17)14-6-10-3-4-18-8-10/h1-5,8,14-15H,6-7H2. The molecule has 0 saturated carbocycles. The van der Waals surface area contributed by atoms with Crippen LogP contribution in [0, 0.1) is 5.82 Å². The van der Waals surface area contributed by atoms with E-state index in [1.165, 1.54) is 18.6 Å². The van der Waals surface area contributed by atoms with Crippen molar-refractivity contribution in [1.29, 1.82) is 0 Å². The van der Waals surface area contributed by atoms with Crippen molar-refractivity contribution in [3.63, 3.8) is 0 Å². The summed E-state index contributed by atoms with van der Waals surface area (Å²) in [5.74, 6) is -0.897. The molecule has 19 heavy (non-hydrogen) atoms. The Bertz CT molecular complexity index is 652. The molecule has 0 spiro atoms. The molecule has 2 rings (SSSR count). The molecule has 2 N–H and O–H groups in total. The fourth-order valence-corrected chi connectivity index (χ4v) is 2.58. The third-order valence-electron chi connectivity index (χ3n) is 2.51. The Morgan fingerprint density at radius 1 is 1.26 bits per heavy atom. The molecule has 0 amide bonds. The number of nitrogens with one attached hydrogen (secondary N) is 1. The topological polar surface area (TPSA) is 79.5 Å². The first-order chi connectivity index (χ1) is 9.03. The smallest absolute Gasteiger partial charge is 0.243 e. The highest BCUT2D eigenvalue weighted by molar-refractivity contribution is 7.89. The average Bonchev–Trinajstić information content (AvgIpc) is 2.89. The molecule has 0 radical (unpaired) electrons. The van der Waals surface area contributed by atoms with E-state index in [0.717, 1.165) is 12.1 Å². The predicted molar refractivity (Wildman–Crippen MR) is 65.1 cm³/mol. The highest BCUT2D eigenvalue weighted by Gasteiger charge is 2.19. The van der Waals surface area contributed by atoms with E-state index in [1.807, 2.05) is 0 Å². The summed E-state index contributed by atoms with van der Waals surface area (Å²) in [5, 5.41) is 8.84. The highest BCUT2D eigenvalue weighted by Crippen LogP contribution is 2.16. The maximum Gasteiger partial charge on any atom is 0.243 e. The molecule has 5 nitrogen and oxygen atoms in total. The second-order valence-electron chi connectivity index (χ2n) is 3.88. The van der Waals surface area contributed by atoms with E-state index in [9.17, 15) is 12.8 Å². The van der Waals surface area contributed by atoms with E-state index in [-0.39, 0.29) is 13.2 Å². The first-order valence-corrected chi connectivity index (χ1v) is 6.91. The number of aliphatic hydroxyl groups excluding tert-OH is 1. The Hall–Kier alpha value is -1.70. The van der Waals surface area contributed by atoms with Gasteiger partial charge < -0.3 is 9.52 Å². The molecule has 0 unspecified atom stereocenters. The maximum atomic E-state index is 13.6. The Balaban J connectivity index is 2.19. The van der Waals surface area contributed by atoms with Gasteiger partial charge in [0.1, 0.15) is 10.7 Å². The van der Waals surface area contributed by atoms with Gasteiger partial charge in [0.2, 0.25) is 10.0 Å². The summed E-state index contributed by atoms with van der Waals surface area (Å²) >= 11 is 0. The van der Waals surface area contributed by atoms with Crippen LogP contribution in [0.1, 0.15) is 11.1 Å². The van der Waals surface area contributed by atoms with Gasteiger partial charge in [-0.15, -0.1) is 0 Å². The summed E-state index contributed by atoms with van der Waals surface area (Å²) in [7, 11) is -3.94. The molecule has 102 valence electrons. The zero-order valence-corrected chi connectivity index (χ0v) is 10.7. The summed E-state index contributed by atoms with van der Waals surface area (Å²) in [6.45, 7) is -0.334. The largest absolute Gasteiger partial charge is 0.472 e. The average molecular weight is 285 g/mol. The van der Waals surface area contributed by atoms with Gasteiger partial charge in [0, 0.05) is 12.1 Å². The third kappa shape index (κ3) is 3.19. The number of rotatable bonds is 5. The lowest BCUT2D eigenvalue weighted by atomic mass is 10.2. The second kappa shape index (κ2) is 5.52. The van der Waals surface area contributed by atoms with Crippen LogP contribution >= 0.6 is 0 Å². The summed E-state index contributed by atoms with van der Waals surface area (Å²) in [5.41, 5.74) is 0.947. The summed E-state index contributed by atoms with van der Waals surface area (Å²) < 4.78 is 44.5. The summed E-state index contributed by atoms with van der Waals surface area (Å²) in [6.07, 6.45) is 2.81. The molecule has 0 saturated heterocycles. The van der Waals surface area contributed by atoms with Crippen molar-refractivity contribution in [3.8, 4) is 0 Å². The van der Waals surface area contributed by atoms with Crippen LogP contribution in [-0.4, -0.2) is 13.5 Å². The number of sulfonamides is 1. The minimum atomic E-state index is -3.94. The highest BCUT2D eigenvalue weighted by atomic mass is 32.2. The number of hydrogen-bond acceptors (Lipinski definition) is 4. The molecule has 2 aromatic rings. The van der Waals surface area contributed by atoms with Gasteiger partial charge in [-0.1, -0.05) is 6.07 Å². The number of hydrogen-bond donors (Lipinski definition) is 2. The van der Waals surface area contributed by atoms with Gasteiger partial charge in [-0.25, -0.2) is 17.5 Å².